The van der Waals surface area contributed by atoms with Gasteiger partial charge < -0.3 is 10.2 Å². The van der Waals surface area contributed by atoms with Crippen molar-refractivity contribution in [2.24, 2.45) is 0 Å². The lowest BCUT2D eigenvalue weighted by atomic mass is 10.1. The molecule has 0 saturated heterocycles. The van der Waals surface area contributed by atoms with Gasteiger partial charge in [-0.25, -0.2) is 8.42 Å². The van der Waals surface area contributed by atoms with Crippen molar-refractivity contribution in [2.45, 2.75) is 64.6 Å². The van der Waals surface area contributed by atoms with Crippen LogP contribution in [-0.2, 0) is 26.2 Å². The minimum absolute atomic E-state index is 0.00834. The maximum absolute atomic E-state index is 14.0. The van der Waals surface area contributed by atoms with E-state index < -0.39 is 28.5 Å². The Labute approximate surface area is 236 Å². The first-order valence-electron chi connectivity index (χ1n) is 12.9. The van der Waals surface area contributed by atoms with Crippen molar-refractivity contribution in [1.29, 1.82) is 0 Å². The molecule has 0 unspecified atom stereocenters. The Morgan fingerprint density at radius 2 is 1.54 bits per heavy atom. The molecule has 0 aromatic heterocycles. The van der Waals surface area contributed by atoms with Gasteiger partial charge in [0.25, 0.3) is 10.0 Å². The molecule has 2 atom stereocenters. The molecule has 0 bridgehead atoms. The van der Waals surface area contributed by atoms with Crippen LogP contribution >= 0.6 is 11.6 Å². The molecule has 0 aliphatic rings. The Morgan fingerprint density at radius 3 is 2.13 bits per heavy atom. The van der Waals surface area contributed by atoms with Crippen molar-refractivity contribution >= 4 is 39.1 Å². The quantitative estimate of drug-likeness (QED) is 0.331. The first kappa shape index (κ1) is 30.2. The standard InChI is InChI=1S/C30H36ClN3O4S/c1-6-23(4)32-30(36)24(5)33(19-25-11-7-9-21(2)17-25)29(35)20-34(27-12-8-10-22(3)18-27)39(37,38)28-15-13-26(31)14-16-28/h7-18,23-24H,6,19-20H2,1-5H3,(H,32,36)/t23-,24+/m1/s1. The molecule has 208 valence electrons. The number of nitrogens with one attached hydrogen (secondary N) is 1. The summed E-state index contributed by atoms with van der Waals surface area (Å²) >= 11 is 6.00. The lowest BCUT2D eigenvalue weighted by molar-refractivity contribution is -0.139. The summed E-state index contributed by atoms with van der Waals surface area (Å²) in [6, 6.07) is 19.6. The second kappa shape index (κ2) is 13.1. The molecular formula is C30H36ClN3O4S. The molecule has 0 aliphatic heterocycles. The third-order valence-electron chi connectivity index (χ3n) is 6.57. The van der Waals surface area contributed by atoms with Gasteiger partial charge in [-0.2, -0.15) is 0 Å². The molecular weight excluding hydrogens is 534 g/mol. The van der Waals surface area contributed by atoms with Gasteiger partial charge in [-0.05, 0) is 81.6 Å². The molecule has 1 N–H and O–H groups in total. The smallest absolute Gasteiger partial charge is 0.264 e. The highest BCUT2D eigenvalue weighted by molar-refractivity contribution is 7.92. The number of hydrogen-bond acceptors (Lipinski definition) is 4. The highest BCUT2D eigenvalue weighted by atomic mass is 35.5. The van der Waals surface area contributed by atoms with E-state index in [1.54, 1.807) is 25.1 Å². The van der Waals surface area contributed by atoms with Gasteiger partial charge in [-0.15, -0.1) is 0 Å². The third-order valence-corrected chi connectivity index (χ3v) is 8.61. The minimum atomic E-state index is -4.14. The predicted molar refractivity (Wildman–Crippen MR) is 156 cm³/mol. The second-order valence-corrected chi connectivity index (χ2v) is 12.1. The average molecular weight is 570 g/mol. The zero-order valence-electron chi connectivity index (χ0n) is 23.0. The number of halogens is 1. The normalized spacial score (nSPS) is 12.9. The number of aryl methyl sites for hydroxylation is 2. The molecule has 0 saturated carbocycles. The average Bonchev–Trinajstić information content (AvgIpc) is 2.89. The molecule has 0 radical (unpaired) electrons. The number of sulfonamides is 1. The van der Waals surface area contributed by atoms with Crippen LogP contribution < -0.4 is 9.62 Å². The fourth-order valence-electron chi connectivity index (χ4n) is 4.10. The maximum atomic E-state index is 14.0. The molecule has 0 heterocycles. The maximum Gasteiger partial charge on any atom is 0.264 e. The van der Waals surface area contributed by atoms with Crippen LogP contribution in [0.3, 0.4) is 0 Å². The molecule has 9 heteroatoms. The Hall–Kier alpha value is -3.36. The van der Waals surface area contributed by atoms with Crippen LogP contribution in [0.15, 0.2) is 77.7 Å². The van der Waals surface area contributed by atoms with Gasteiger partial charge in [-0.1, -0.05) is 60.5 Å². The first-order chi connectivity index (χ1) is 18.4. The van der Waals surface area contributed by atoms with Crippen LogP contribution in [0.2, 0.25) is 5.02 Å². The van der Waals surface area contributed by atoms with E-state index in [2.05, 4.69) is 5.32 Å². The van der Waals surface area contributed by atoms with E-state index in [-0.39, 0.29) is 23.4 Å². The Bertz CT molecular complexity index is 1410. The topological polar surface area (TPSA) is 86.8 Å². The number of rotatable bonds is 11. The van der Waals surface area contributed by atoms with Crippen LogP contribution in [0.25, 0.3) is 0 Å². The van der Waals surface area contributed by atoms with Gasteiger partial charge in [0.15, 0.2) is 0 Å². The summed E-state index contributed by atoms with van der Waals surface area (Å²) in [5.41, 5.74) is 3.05. The van der Waals surface area contributed by atoms with Crippen LogP contribution in [-0.4, -0.2) is 43.8 Å². The number of carbonyl (C=O) groups is 2. The van der Waals surface area contributed by atoms with E-state index >= 15 is 0 Å². The van der Waals surface area contributed by atoms with Crippen molar-refractivity contribution < 1.29 is 18.0 Å². The van der Waals surface area contributed by atoms with Crippen molar-refractivity contribution in [3.63, 3.8) is 0 Å². The predicted octanol–water partition coefficient (Wildman–Crippen LogP) is 5.48. The van der Waals surface area contributed by atoms with Crippen LogP contribution in [0.1, 0.15) is 43.9 Å². The molecule has 3 aromatic rings. The molecule has 3 rings (SSSR count). The third kappa shape index (κ3) is 7.83. The van der Waals surface area contributed by atoms with Gasteiger partial charge in [0.05, 0.1) is 10.6 Å². The number of benzene rings is 3. The molecule has 0 fully saturated rings. The molecule has 39 heavy (non-hydrogen) atoms. The molecule has 0 spiro atoms. The molecule has 0 aliphatic carbocycles. The lowest BCUT2D eigenvalue weighted by Gasteiger charge is -2.32. The number of carbonyl (C=O) groups excluding carboxylic acids is 2. The highest BCUT2D eigenvalue weighted by Gasteiger charge is 2.32. The van der Waals surface area contributed by atoms with E-state index in [0.29, 0.717) is 10.7 Å². The van der Waals surface area contributed by atoms with Crippen molar-refractivity contribution in [3.8, 4) is 0 Å². The number of hydrogen-bond donors (Lipinski definition) is 1. The SMILES string of the molecule is CC[C@@H](C)NC(=O)[C@H](C)N(Cc1cccc(C)c1)C(=O)CN(c1cccc(C)c1)S(=O)(=O)c1ccc(Cl)cc1. The summed E-state index contributed by atoms with van der Waals surface area (Å²) in [7, 11) is -4.14. The van der Waals surface area contributed by atoms with Gasteiger partial charge >= 0.3 is 0 Å². The van der Waals surface area contributed by atoms with E-state index in [1.165, 1.54) is 29.2 Å². The zero-order valence-corrected chi connectivity index (χ0v) is 24.6. The van der Waals surface area contributed by atoms with Gasteiger partial charge in [-0.3, -0.25) is 13.9 Å². The van der Waals surface area contributed by atoms with Crippen LogP contribution in [0, 0.1) is 13.8 Å². The summed E-state index contributed by atoms with van der Waals surface area (Å²) < 4.78 is 28.8. The summed E-state index contributed by atoms with van der Waals surface area (Å²) in [4.78, 5) is 28.5. The lowest BCUT2D eigenvalue weighted by Crippen LogP contribution is -2.52. The summed E-state index contributed by atoms with van der Waals surface area (Å²) in [5, 5.41) is 3.34. The van der Waals surface area contributed by atoms with Gasteiger partial charge in [0, 0.05) is 17.6 Å². The van der Waals surface area contributed by atoms with E-state index in [4.69, 9.17) is 11.6 Å². The molecule has 3 aromatic carbocycles. The van der Waals surface area contributed by atoms with Gasteiger partial charge in [0.2, 0.25) is 11.8 Å². The van der Waals surface area contributed by atoms with E-state index in [1.807, 2.05) is 58.0 Å². The van der Waals surface area contributed by atoms with Crippen LogP contribution in [0.4, 0.5) is 5.69 Å². The zero-order chi connectivity index (χ0) is 28.7. The Kier molecular flexibility index (Phi) is 10.2. The van der Waals surface area contributed by atoms with Crippen molar-refractivity contribution in [3.05, 3.63) is 94.5 Å². The fraction of sp³-hybridized carbons (Fsp3) is 0.333. The summed E-state index contributed by atoms with van der Waals surface area (Å²) in [6.45, 7) is 8.99. The number of anilines is 1. The molecule has 2 amide bonds. The van der Waals surface area contributed by atoms with E-state index in [9.17, 15) is 18.0 Å². The first-order valence-corrected chi connectivity index (χ1v) is 14.7. The Morgan fingerprint density at radius 1 is 0.923 bits per heavy atom. The summed E-state index contributed by atoms with van der Waals surface area (Å²) in [5.74, 6) is -0.796. The van der Waals surface area contributed by atoms with Crippen molar-refractivity contribution in [2.75, 3.05) is 10.8 Å². The van der Waals surface area contributed by atoms with E-state index in [0.717, 1.165) is 27.4 Å². The van der Waals surface area contributed by atoms with Crippen molar-refractivity contribution in [1.82, 2.24) is 10.2 Å². The number of amides is 2. The number of nitrogens with zero attached hydrogens (tertiary/aromatic N) is 2. The monoisotopic (exact) mass is 569 g/mol. The minimum Gasteiger partial charge on any atom is -0.352 e. The highest BCUT2D eigenvalue weighted by Crippen LogP contribution is 2.26. The summed E-state index contributed by atoms with van der Waals surface area (Å²) in [6.07, 6.45) is 0.741. The fourth-order valence-corrected chi connectivity index (χ4v) is 5.63. The Balaban J connectivity index is 2.03. The largest absolute Gasteiger partial charge is 0.352 e. The second-order valence-electron chi connectivity index (χ2n) is 9.81. The van der Waals surface area contributed by atoms with Crippen LogP contribution in [0.5, 0.6) is 0 Å². The van der Waals surface area contributed by atoms with Gasteiger partial charge in [0.1, 0.15) is 12.6 Å². The molecule has 7 nitrogen and oxygen atoms in total.